The molecular weight excluding hydrogens is 277 g/mol. The van der Waals surface area contributed by atoms with Gasteiger partial charge in [0.1, 0.15) is 0 Å². The van der Waals surface area contributed by atoms with Crippen LogP contribution in [0.4, 0.5) is 13.2 Å². The molecule has 1 aliphatic carbocycles. The maximum absolute atomic E-state index is 12.8. The minimum Gasteiger partial charge on any atom is -0.314 e. The number of nitrogens with one attached hydrogen (secondary N) is 1. The molecule has 0 aromatic heterocycles. The van der Waals surface area contributed by atoms with E-state index in [1.54, 1.807) is 0 Å². The van der Waals surface area contributed by atoms with Crippen LogP contribution in [0.5, 0.6) is 0 Å². The quantitative estimate of drug-likeness (QED) is 0.802. The maximum atomic E-state index is 12.8. The van der Waals surface area contributed by atoms with E-state index in [9.17, 15) is 13.2 Å². The van der Waals surface area contributed by atoms with Gasteiger partial charge in [-0.05, 0) is 64.1 Å². The number of piperidine rings is 1. The molecule has 2 fully saturated rings. The van der Waals surface area contributed by atoms with Gasteiger partial charge in [-0.3, -0.25) is 0 Å². The van der Waals surface area contributed by atoms with Crippen LogP contribution in [0, 0.1) is 11.8 Å². The van der Waals surface area contributed by atoms with Crippen molar-refractivity contribution in [2.24, 2.45) is 11.8 Å². The molecule has 0 aromatic carbocycles. The second-order valence-electron chi connectivity index (χ2n) is 6.72. The van der Waals surface area contributed by atoms with E-state index in [1.807, 2.05) is 4.90 Å². The zero-order valence-corrected chi connectivity index (χ0v) is 13.1. The van der Waals surface area contributed by atoms with E-state index >= 15 is 0 Å². The Morgan fingerprint density at radius 1 is 1.14 bits per heavy atom. The third-order valence-corrected chi connectivity index (χ3v) is 5.10. The maximum Gasteiger partial charge on any atom is 0.393 e. The van der Waals surface area contributed by atoms with Crippen LogP contribution in [-0.2, 0) is 0 Å². The van der Waals surface area contributed by atoms with Gasteiger partial charge in [0.05, 0.1) is 5.92 Å². The molecule has 2 rings (SSSR count). The molecular formula is C16H29F3N2. The van der Waals surface area contributed by atoms with Crippen LogP contribution in [0.15, 0.2) is 0 Å². The molecule has 3 atom stereocenters. The van der Waals surface area contributed by atoms with Crippen molar-refractivity contribution in [1.29, 1.82) is 0 Å². The van der Waals surface area contributed by atoms with Gasteiger partial charge >= 0.3 is 6.18 Å². The predicted octanol–water partition coefficient (Wildman–Crippen LogP) is 3.82. The highest BCUT2D eigenvalue weighted by atomic mass is 19.4. The lowest BCUT2D eigenvalue weighted by atomic mass is 9.95. The van der Waals surface area contributed by atoms with Crippen molar-refractivity contribution in [3.63, 3.8) is 0 Å². The van der Waals surface area contributed by atoms with E-state index in [0.717, 1.165) is 32.5 Å². The second kappa shape index (κ2) is 7.82. The van der Waals surface area contributed by atoms with Gasteiger partial charge in [0.15, 0.2) is 0 Å². The minimum absolute atomic E-state index is 0.212. The Hall–Kier alpha value is -0.290. The van der Waals surface area contributed by atoms with Gasteiger partial charge in [-0.25, -0.2) is 0 Å². The summed E-state index contributed by atoms with van der Waals surface area (Å²) >= 11 is 0. The fourth-order valence-electron chi connectivity index (χ4n) is 3.86. The number of nitrogens with zero attached hydrogens (tertiary/aromatic N) is 1. The molecule has 2 nitrogen and oxygen atoms in total. The lowest BCUT2D eigenvalue weighted by Gasteiger charge is -2.34. The molecule has 21 heavy (non-hydrogen) atoms. The van der Waals surface area contributed by atoms with E-state index in [0.29, 0.717) is 24.8 Å². The Morgan fingerprint density at radius 3 is 2.67 bits per heavy atom. The van der Waals surface area contributed by atoms with Gasteiger partial charge in [-0.15, -0.1) is 0 Å². The Morgan fingerprint density at radius 2 is 1.95 bits per heavy atom. The summed E-state index contributed by atoms with van der Waals surface area (Å²) < 4.78 is 38.5. The van der Waals surface area contributed by atoms with Crippen molar-refractivity contribution >= 4 is 0 Å². The molecule has 0 spiro atoms. The molecule has 1 aliphatic heterocycles. The average molecular weight is 306 g/mol. The first kappa shape index (κ1) is 17.1. The largest absolute Gasteiger partial charge is 0.393 e. The first-order valence-electron chi connectivity index (χ1n) is 8.53. The van der Waals surface area contributed by atoms with Crippen LogP contribution in [0.1, 0.15) is 51.9 Å². The third-order valence-electron chi connectivity index (χ3n) is 5.10. The van der Waals surface area contributed by atoms with Crippen molar-refractivity contribution in [2.45, 2.75) is 64.1 Å². The smallest absolute Gasteiger partial charge is 0.314 e. The number of alkyl halides is 3. The number of hydrogen-bond donors (Lipinski definition) is 1. The molecule has 1 N–H and O–H groups in total. The Labute approximate surface area is 126 Å². The SMILES string of the molecule is CCCNC1CCCC1CCN1CCCC(C(F)(F)F)C1. The van der Waals surface area contributed by atoms with Gasteiger partial charge in [-0.1, -0.05) is 13.3 Å². The summed E-state index contributed by atoms with van der Waals surface area (Å²) in [6.07, 6.45) is 2.90. The molecule has 1 saturated carbocycles. The average Bonchev–Trinajstić information content (AvgIpc) is 2.90. The lowest BCUT2D eigenvalue weighted by Crippen LogP contribution is -2.43. The topological polar surface area (TPSA) is 15.3 Å². The first-order chi connectivity index (χ1) is 10.0. The molecule has 0 aromatic rings. The summed E-state index contributed by atoms with van der Waals surface area (Å²) in [6, 6.07) is 0.591. The Kier molecular flexibility index (Phi) is 6.35. The van der Waals surface area contributed by atoms with Crippen LogP contribution in [-0.4, -0.2) is 43.3 Å². The molecule has 124 valence electrons. The zero-order valence-electron chi connectivity index (χ0n) is 13.1. The van der Waals surface area contributed by atoms with Crippen molar-refractivity contribution in [3.05, 3.63) is 0 Å². The summed E-state index contributed by atoms with van der Waals surface area (Å²) in [5.74, 6) is -0.452. The second-order valence-corrected chi connectivity index (χ2v) is 6.72. The number of hydrogen-bond acceptors (Lipinski definition) is 2. The predicted molar refractivity (Wildman–Crippen MR) is 79.3 cm³/mol. The number of rotatable bonds is 6. The van der Waals surface area contributed by atoms with E-state index < -0.39 is 12.1 Å². The van der Waals surface area contributed by atoms with Crippen LogP contribution in [0.3, 0.4) is 0 Å². The fraction of sp³-hybridized carbons (Fsp3) is 1.00. The molecule has 1 saturated heterocycles. The molecule has 0 bridgehead atoms. The Bertz CT molecular complexity index is 306. The number of halogens is 3. The van der Waals surface area contributed by atoms with Gasteiger partial charge in [0, 0.05) is 12.6 Å². The molecule has 0 amide bonds. The zero-order chi connectivity index (χ0) is 15.3. The van der Waals surface area contributed by atoms with Crippen molar-refractivity contribution in [3.8, 4) is 0 Å². The highest BCUT2D eigenvalue weighted by molar-refractivity contribution is 4.85. The van der Waals surface area contributed by atoms with Gasteiger partial charge in [0.2, 0.25) is 0 Å². The summed E-state index contributed by atoms with van der Waals surface area (Å²) in [6.45, 7) is 5.11. The van der Waals surface area contributed by atoms with Crippen LogP contribution in [0.2, 0.25) is 0 Å². The third kappa shape index (κ3) is 5.13. The standard InChI is InChI=1S/C16H29F3N2/c1-2-9-20-15-7-3-5-13(15)8-11-21-10-4-6-14(12-21)16(17,18)19/h13-15,20H,2-12H2,1H3. The monoisotopic (exact) mass is 306 g/mol. The van der Waals surface area contributed by atoms with Crippen molar-refractivity contribution in [1.82, 2.24) is 10.2 Å². The highest BCUT2D eigenvalue weighted by Crippen LogP contribution is 2.34. The minimum atomic E-state index is -4.02. The number of likely N-dealkylation sites (tertiary alicyclic amines) is 1. The fourth-order valence-corrected chi connectivity index (χ4v) is 3.86. The van der Waals surface area contributed by atoms with Crippen LogP contribution in [0.25, 0.3) is 0 Å². The van der Waals surface area contributed by atoms with E-state index in [-0.39, 0.29) is 6.54 Å². The van der Waals surface area contributed by atoms with Gasteiger partial charge in [0.25, 0.3) is 0 Å². The summed E-state index contributed by atoms with van der Waals surface area (Å²) in [7, 11) is 0. The Balaban J connectivity index is 1.74. The summed E-state index contributed by atoms with van der Waals surface area (Å²) in [5, 5.41) is 3.60. The van der Waals surface area contributed by atoms with Crippen LogP contribution >= 0.6 is 0 Å². The van der Waals surface area contributed by atoms with E-state index in [1.165, 1.54) is 19.3 Å². The highest BCUT2D eigenvalue weighted by Gasteiger charge is 2.41. The molecule has 1 heterocycles. The van der Waals surface area contributed by atoms with Gasteiger partial charge in [-0.2, -0.15) is 13.2 Å². The molecule has 2 aliphatic rings. The van der Waals surface area contributed by atoms with Gasteiger partial charge < -0.3 is 10.2 Å². The molecule has 0 radical (unpaired) electrons. The summed E-state index contributed by atoms with van der Waals surface area (Å²) in [4.78, 5) is 2.04. The lowest BCUT2D eigenvalue weighted by molar-refractivity contribution is -0.186. The first-order valence-corrected chi connectivity index (χ1v) is 8.53. The molecule has 5 heteroatoms. The van der Waals surface area contributed by atoms with E-state index in [2.05, 4.69) is 12.2 Å². The summed E-state index contributed by atoms with van der Waals surface area (Å²) in [5.41, 5.74) is 0. The van der Waals surface area contributed by atoms with E-state index in [4.69, 9.17) is 0 Å². The normalized spacial score (nSPS) is 31.7. The van der Waals surface area contributed by atoms with Crippen molar-refractivity contribution in [2.75, 3.05) is 26.2 Å². The van der Waals surface area contributed by atoms with Crippen LogP contribution < -0.4 is 5.32 Å². The molecule has 3 unspecified atom stereocenters. The van der Waals surface area contributed by atoms with Crippen molar-refractivity contribution < 1.29 is 13.2 Å².